The zero-order valence-corrected chi connectivity index (χ0v) is 18.8. The Morgan fingerprint density at radius 2 is 1.68 bits per heavy atom. The minimum Gasteiger partial charge on any atom is -0.463 e. The molecule has 2 heterocycles. The van der Waals surface area contributed by atoms with Crippen LogP contribution in [0.15, 0.2) is 80.6 Å². The second kappa shape index (κ2) is 7.68. The first-order valence-electron chi connectivity index (χ1n) is 9.26. The lowest BCUT2D eigenvalue weighted by molar-refractivity contribution is -0.112. The summed E-state index contributed by atoms with van der Waals surface area (Å²) in [7, 11) is 0. The van der Waals surface area contributed by atoms with E-state index in [-0.39, 0.29) is 16.9 Å². The van der Waals surface area contributed by atoms with Crippen molar-refractivity contribution in [3.63, 3.8) is 0 Å². The van der Waals surface area contributed by atoms with Crippen LogP contribution in [0.5, 0.6) is 0 Å². The van der Waals surface area contributed by atoms with E-state index in [1.165, 1.54) is 11.2 Å². The smallest absolute Gasteiger partial charge is 0.263 e. The van der Waals surface area contributed by atoms with E-state index in [0.717, 1.165) is 4.47 Å². The summed E-state index contributed by atoms with van der Waals surface area (Å²) in [6.07, 6.45) is 2.92. The molecule has 0 unspecified atom stereocenters. The molecule has 152 valence electrons. The number of halogens is 3. The molecule has 0 radical (unpaired) electrons. The molecule has 0 spiro atoms. The van der Waals surface area contributed by atoms with Crippen LogP contribution in [-0.2, 0) is 4.79 Å². The lowest BCUT2D eigenvalue weighted by Gasteiger charge is -2.20. The lowest BCUT2D eigenvalue weighted by Crippen LogP contribution is -2.21. The van der Waals surface area contributed by atoms with Crippen molar-refractivity contribution in [2.24, 2.45) is 0 Å². The minimum absolute atomic E-state index is 0.227. The molecule has 0 bridgehead atoms. The normalized spacial score (nSPS) is 14.5. The van der Waals surface area contributed by atoms with Crippen LogP contribution in [0.3, 0.4) is 0 Å². The van der Waals surface area contributed by atoms with Crippen molar-refractivity contribution >= 4 is 79.0 Å². The summed E-state index contributed by atoms with van der Waals surface area (Å²) in [6, 6.07) is 17.6. The summed E-state index contributed by atoms with van der Waals surface area (Å²) in [4.78, 5) is 28.0. The van der Waals surface area contributed by atoms with Crippen molar-refractivity contribution in [3.8, 4) is 0 Å². The second-order valence-corrected chi connectivity index (χ2v) is 8.68. The van der Waals surface area contributed by atoms with E-state index in [2.05, 4.69) is 15.9 Å². The van der Waals surface area contributed by atoms with Crippen LogP contribution in [0.25, 0.3) is 22.6 Å². The van der Waals surface area contributed by atoms with Gasteiger partial charge in [0.15, 0.2) is 5.43 Å². The third-order valence-corrected chi connectivity index (χ3v) is 6.19. The summed E-state index contributed by atoms with van der Waals surface area (Å²) < 4.78 is 6.39. The molecule has 5 rings (SSSR count). The molecule has 31 heavy (non-hydrogen) atoms. The van der Waals surface area contributed by atoms with Gasteiger partial charge in [-0.2, -0.15) is 0 Å². The van der Waals surface area contributed by atoms with E-state index in [0.29, 0.717) is 43.5 Å². The number of fused-ring (bicyclic) bond motifs is 2. The van der Waals surface area contributed by atoms with Crippen molar-refractivity contribution in [2.45, 2.75) is 0 Å². The van der Waals surface area contributed by atoms with Gasteiger partial charge < -0.3 is 4.42 Å². The average molecular weight is 513 g/mol. The maximum Gasteiger partial charge on any atom is 0.263 e. The third-order valence-electron chi connectivity index (χ3n) is 5.09. The Bertz CT molecular complexity index is 1460. The minimum atomic E-state index is -0.329. The molecule has 1 aliphatic rings. The van der Waals surface area contributed by atoms with E-state index in [9.17, 15) is 9.59 Å². The van der Waals surface area contributed by atoms with E-state index < -0.39 is 0 Å². The van der Waals surface area contributed by atoms with Crippen molar-refractivity contribution in [3.05, 3.63) is 103 Å². The Labute approximate surface area is 195 Å². The molecule has 0 saturated carbocycles. The Hall–Kier alpha value is -2.86. The summed E-state index contributed by atoms with van der Waals surface area (Å²) in [5, 5.41) is 1.13. The molecule has 0 fully saturated rings. The molecular formula is C24H12BrCl2NO3. The van der Waals surface area contributed by atoms with Crippen LogP contribution < -0.4 is 10.3 Å². The zero-order valence-electron chi connectivity index (χ0n) is 15.7. The van der Waals surface area contributed by atoms with Crippen molar-refractivity contribution in [1.29, 1.82) is 0 Å². The quantitative estimate of drug-likeness (QED) is 0.269. The highest BCUT2D eigenvalue weighted by atomic mass is 79.9. The van der Waals surface area contributed by atoms with Gasteiger partial charge in [-0.3, -0.25) is 14.5 Å². The Morgan fingerprint density at radius 3 is 2.45 bits per heavy atom. The first-order chi connectivity index (χ1) is 15.0. The van der Waals surface area contributed by atoms with Gasteiger partial charge in [0.05, 0.1) is 37.9 Å². The second-order valence-electron chi connectivity index (χ2n) is 6.95. The van der Waals surface area contributed by atoms with E-state index in [1.54, 1.807) is 42.5 Å². The molecule has 1 aliphatic heterocycles. The summed E-state index contributed by atoms with van der Waals surface area (Å²) in [5.74, 6) is -0.329. The molecule has 3 aromatic carbocycles. The molecular weight excluding hydrogens is 501 g/mol. The van der Waals surface area contributed by atoms with Crippen LogP contribution in [0, 0.1) is 0 Å². The highest BCUT2D eigenvalue weighted by Crippen LogP contribution is 2.46. The maximum atomic E-state index is 13.5. The molecule has 4 nitrogen and oxygen atoms in total. The first-order valence-corrected chi connectivity index (χ1v) is 10.8. The van der Waals surface area contributed by atoms with Gasteiger partial charge in [-0.05, 0) is 42.5 Å². The Kier molecular flexibility index (Phi) is 4.97. The van der Waals surface area contributed by atoms with Crippen LogP contribution in [0.4, 0.5) is 11.4 Å². The predicted octanol–water partition coefficient (Wildman–Crippen LogP) is 7.08. The summed E-state index contributed by atoms with van der Waals surface area (Å²) in [5.41, 5.74) is 2.59. The Morgan fingerprint density at radius 1 is 0.935 bits per heavy atom. The summed E-state index contributed by atoms with van der Waals surface area (Å²) in [6.45, 7) is 0. The van der Waals surface area contributed by atoms with Gasteiger partial charge in [-0.25, -0.2) is 0 Å². The van der Waals surface area contributed by atoms with Crippen LogP contribution in [0.2, 0.25) is 10.0 Å². The first kappa shape index (κ1) is 20.1. The fraction of sp³-hybridized carbons (Fsp3) is 0. The monoisotopic (exact) mass is 511 g/mol. The predicted molar refractivity (Wildman–Crippen MR) is 128 cm³/mol. The molecule has 0 N–H and O–H groups in total. The summed E-state index contributed by atoms with van der Waals surface area (Å²) >= 11 is 16.2. The highest BCUT2D eigenvalue weighted by molar-refractivity contribution is 9.10. The number of anilines is 2. The number of hydrogen-bond acceptors (Lipinski definition) is 3. The number of nitrogens with zero attached hydrogens (tertiary/aromatic N) is 1. The molecule has 7 heteroatoms. The van der Waals surface area contributed by atoms with Crippen molar-refractivity contribution in [1.82, 2.24) is 0 Å². The molecule has 0 saturated heterocycles. The maximum absolute atomic E-state index is 13.5. The van der Waals surface area contributed by atoms with Crippen LogP contribution >= 0.6 is 39.1 Å². The van der Waals surface area contributed by atoms with Gasteiger partial charge in [0.1, 0.15) is 11.8 Å². The van der Waals surface area contributed by atoms with Crippen molar-refractivity contribution in [2.75, 3.05) is 4.90 Å². The number of carbonyl (C=O) groups excluding carboxylic acids is 1. The lowest BCUT2D eigenvalue weighted by atomic mass is 10.0. The van der Waals surface area contributed by atoms with Crippen LogP contribution in [-0.4, -0.2) is 5.91 Å². The van der Waals surface area contributed by atoms with E-state index in [4.69, 9.17) is 27.6 Å². The average Bonchev–Trinajstić information content (AvgIpc) is 3.02. The number of benzene rings is 3. The van der Waals surface area contributed by atoms with Gasteiger partial charge in [0, 0.05) is 10.0 Å². The fourth-order valence-corrected chi connectivity index (χ4v) is 4.61. The topological polar surface area (TPSA) is 50.5 Å². The number of carbonyl (C=O) groups is 1. The molecule has 4 aromatic rings. The third kappa shape index (κ3) is 3.30. The van der Waals surface area contributed by atoms with E-state index in [1.807, 2.05) is 24.3 Å². The van der Waals surface area contributed by atoms with E-state index >= 15 is 0 Å². The van der Waals surface area contributed by atoms with Gasteiger partial charge in [-0.15, -0.1) is 0 Å². The molecule has 0 aliphatic carbocycles. The van der Waals surface area contributed by atoms with Crippen molar-refractivity contribution < 1.29 is 9.21 Å². The standard InChI is InChI=1S/C24H12BrCl2NO3/c25-14-8-9-21-17(11-14)23(29)13(12-31-21)10-16-15-4-1-2-7-20(15)28(24(16)30)22-18(26)5-3-6-19(22)27/h1-12H/b16-10-. The number of hydrogen-bond donors (Lipinski definition) is 0. The van der Waals surface area contributed by atoms with Gasteiger partial charge in [0.2, 0.25) is 0 Å². The van der Waals surface area contributed by atoms with Gasteiger partial charge >= 0.3 is 0 Å². The zero-order chi connectivity index (χ0) is 21.7. The Balaban J connectivity index is 1.72. The highest BCUT2D eigenvalue weighted by Gasteiger charge is 2.35. The molecule has 1 aromatic heterocycles. The van der Waals surface area contributed by atoms with Gasteiger partial charge in [0.25, 0.3) is 5.91 Å². The molecule has 0 atom stereocenters. The number of amides is 1. The number of para-hydroxylation sites is 2. The number of rotatable bonds is 2. The SMILES string of the molecule is O=C1/C(=C\c2coc3ccc(Br)cc3c2=O)c2ccccc2N1c1c(Cl)cccc1Cl. The van der Waals surface area contributed by atoms with Crippen LogP contribution in [0.1, 0.15) is 11.1 Å². The fourth-order valence-electron chi connectivity index (χ4n) is 3.68. The largest absolute Gasteiger partial charge is 0.463 e. The van der Waals surface area contributed by atoms with Gasteiger partial charge in [-0.1, -0.05) is 63.4 Å². The molecule has 1 amide bonds.